The second kappa shape index (κ2) is 9.80. The van der Waals surface area contributed by atoms with Gasteiger partial charge in [-0.2, -0.15) is 0 Å². The fraction of sp³-hybridized carbons (Fsp3) is 0.935. The average Bonchev–Trinajstić information content (AvgIpc) is 3.29. The molecule has 6 heteroatoms. The first-order chi connectivity index (χ1) is 17.3. The predicted octanol–water partition coefficient (Wildman–Crippen LogP) is 5.68. The van der Waals surface area contributed by atoms with Crippen molar-refractivity contribution in [2.75, 3.05) is 6.61 Å². The fourth-order valence-corrected chi connectivity index (χ4v) is 10.4. The van der Waals surface area contributed by atoms with Crippen molar-refractivity contribution >= 4 is 11.9 Å². The van der Waals surface area contributed by atoms with Crippen molar-refractivity contribution in [3.8, 4) is 0 Å². The minimum atomic E-state index is -1.01. The third-order valence-electron chi connectivity index (χ3n) is 12.1. The van der Waals surface area contributed by atoms with Gasteiger partial charge in [-0.15, -0.1) is 0 Å². The molecule has 0 radical (unpaired) electrons. The highest BCUT2D eigenvalue weighted by atomic mass is 16.5. The lowest BCUT2D eigenvalue weighted by Gasteiger charge is -2.61. The van der Waals surface area contributed by atoms with Gasteiger partial charge >= 0.3 is 11.9 Å². The number of hydrogen-bond acceptors (Lipinski definition) is 6. The Morgan fingerprint density at radius 3 is 2.43 bits per heavy atom. The summed E-state index contributed by atoms with van der Waals surface area (Å²) >= 11 is 0. The van der Waals surface area contributed by atoms with Crippen molar-refractivity contribution < 1.29 is 28.9 Å². The van der Waals surface area contributed by atoms with E-state index >= 15 is 0 Å². The molecule has 0 aromatic carbocycles. The summed E-state index contributed by atoms with van der Waals surface area (Å²) in [5, 5.41) is 10.7. The molecule has 5 fully saturated rings. The maximum atomic E-state index is 11.6. The molecule has 4 saturated carbocycles. The van der Waals surface area contributed by atoms with Crippen molar-refractivity contribution in [1.29, 1.82) is 0 Å². The third-order valence-corrected chi connectivity index (χ3v) is 12.1. The van der Waals surface area contributed by atoms with Crippen LogP contribution in [0.15, 0.2) is 0 Å². The Hall–Kier alpha value is -1.14. The van der Waals surface area contributed by atoms with Gasteiger partial charge in [-0.1, -0.05) is 20.8 Å². The number of esters is 2. The van der Waals surface area contributed by atoms with Gasteiger partial charge in [0.2, 0.25) is 0 Å². The number of fused-ring (bicyclic) bond motifs is 7. The largest absolute Gasteiger partial charge is 0.463 e. The van der Waals surface area contributed by atoms with Gasteiger partial charge in [0, 0.05) is 13.8 Å². The highest BCUT2D eigenvalue weighted by molar-refractivity contribution is 5.66. The van der Waals surface area contributed by atoms with Gasteiger partial charge in [0.05, 0.1) is 17.8 Å². The Labute approximate surface area is 223 Å². The minimum Gasteiger partial charge on any atom is -0.463 e. The Bertz CT molecular complexity index is 885. The maximum Gasteiger partial charge on any atom is 0.302 e. The molecule has 5 aliphatic rings. The molecule has 37 heavy (non-hydrogen) atoms. The van der Waals surface area contributed by atoms with E-state index in [0.29, 0.717) is 41.1 Å². The zero-order valence-corrected chi connectivity index (χ0v) is 24.0. The molecule has 0 amide bonds. The van der Waals surface area contributed by atoms with E-state index in [9.17, 15) is 14.7 Å². The van der Waals surface area contributed by atoms with Crippen LogP contribution in [0.2, 0.25) is 0 Å². The van der Waals surface area contributed by atoms with Crippen LogP contribution in [0, 0.1) is 46.3 Å². The van der Waals surface area contributed by atoms with E-state index in [2.05, 4.69) is 20.8 Å². The summed E-state index contributed by atoms with van der Waals surface area (Å²) in [5.41, 5.74) is -0.307. The minimum absolute atomic E-state index is 0.0422. The van der Waals surface area contributed by atoms with Crippen molar-refractivity contribution in [3.05, 3.63) is 0 Å². The molecule has 1 saturated heterocycles. The van der Waals surface area contributed by atoms with E-state index < -0.39 is 5.60 Å². The first-order valence-corrected chi connectivity index (χ1v) is 15.0. The Morgan fingerprint density at radius 1 is 1.00 bits per heavy atom. The first kappa shape index (κ1) is 27.4. The molecule has 1 heterocycles. The summed E-state index contributed by atoms with van der Waals surface area (Å²) < 4.78 is 17.5. The lowest BCUT2D eigenvalue weighted by molar-refractivity contribution is -0.160. The summed E-state index contributed by atoms with van der Waals surface area (Å²) in [6.45, 7) is 12.2. The second-order valence-corrected chi connectivity index (χ2v) is 14.4. The predicted molar refractivity (Wildman–Crippen MR) is 140 cm³/mol. The number of carbonyl (C=O) groups is 2. The summed E-state index contributed by atoms with van der Waals surface area (Å²) in [6.07, 6.45) is 11.6. The second-order valence-electron chi connectivity index (χ2n) is 14.4. The van der Waals surface area contributed by atoms with Crippen LogP contribution in [0.5, 0.6) is 0 Å². The van der Waals surface area contributed by atoms with Crippen LogP contribution in [-0.2, 0) is 23.8 Å². The smallest absolute Gasteiger partial charge is 0.302 e. The summed E-state index contributed by atoms with van der Waals surface area (Å²) in [5.74, 6) is 3.57. The molecule has 1 aliphatic heterocycles. The van der Waals surface area contributed by atoms with Crippen LogP contribution in [0.25, 0.3) is 0 Å². The quantitative estimate of drug-likeness (QED) is 0.455. The summed E-state index contributed by atoms with van der Waals surface area (Å²) in [6, 6.07) is 0. The number of hydrogen-bond donors (Lipinski definition) is 1. The van der Waals surface area contributed by atoms with Crippen LogP contribution >= 0.6 is 0 Å². The third kappa shape index (κ3) is 4.88. The standard InChI is InChI=1S/C31H50O6/c1-18-26(11-12-29(4,34)17-35-19(2)32)37-27-16-25-23-8-7-21-15-22(36-20(3)33)9-13-30(21,5)24(23)10-14-31(25,6)28(18)27/h18,21-28,34H,7-17H2,1-6H3/t18-,21?,22?,23-,24+,25+,26?,27+,28+,29?,30+,31+/m1/s1. The van der Waals surface area contributed by atoms with Crippen molar-refractivity contribution in [3.63, 3.8) is 0 Å². The Morgan fingerprint density at radius 2 is 1.73 bits per heavy atom. The Balaban J connectivity index is 1.24. The van der Waals surface area contributed by atoms with Gasteiger partial charge in [0.25, 0.3) is 0 Å². The van der Waals surface area contributed by atoms with Crippen LogP contribution in [0.1, 0.15) is 106 Å². The molecular weight excluding hydrogens is 468 g/mol. The van der Waals surface area contributed by atoms with E-state index in [0.717, 1.165) is 37.0 Å². The molecule has 0 spiro atoms. The summed E-state index contributed by atoms with van der Waals surface area (Å²) in [7, 11) is 0. The number of rotatable bonds is 6. The SMILES string of the molecule is CC(=O)OCC(C)(O)CCC1O[C@H]2C[C@H]3[C@@H]4CCC5CC(OC(C)=O)CC[C@]5(C)[C@H]4CC[C@]3(C)[C@H]2[C@@H]1C. The molecule has 6 nitrogen and oxygen atoms in total. The van der Waals surface area contributed by atoms with Gasteiger partial charge in [-0.05, 0) is 117 Å². The molecular formula is C31H50O6. The van der Waals surface area contributed by atoms with E-state index in [1.54, 1.807) is 13.8 Å². The highest BCUT2D eigenvalue weighted by Gasteiger charge is 2.65. The normalized spacial score (nSPS) is 48.1. The maximum absolute atomic E-state index is 11.6. The van der Waals surface area contributed by atoms with E-state index in [1.165, 1.54) is 45.4 Å². The van der Waals surface area contributed by atoms with E-state index in [1.807, 2.05) is 0 Å². The van der Waals surface area contributed by atoms with Crippen LogP contribution in [-0.4, -0.2) is 47.6 Å². The van der Waals surface area contributed by atoms with Gasteiger partial charge in [0.1, 0.15) is 12.7 Å². The van der Waals surface area contributed by atoms with Crippen LogP contribution in [0.4, 0.5) is 0 Å². The molecule has 12 atom stereocenters. The highest BCUT2D eigenvalue weighted by Crippen LogP contribution is 2.70. The number of aliphatic hydroxyl groups is 1. The van der Waals surface area contributed by atoms with E-state index in [4.69, 9.17) is 14.2 Å². The number of carbonyl (C=O) groups excluding carboxylic acids is 2. The average molecular weight is 519 g/mol. The van der Waals surface area contributed by atoms with Gasteiger partial charge in [-0.25, -0.2) is 0 Å². The van der Waals surface area contributed by atoms with Crippen molar-refractivity contribution in [1.82, 2.24) is 0 Å². The molecule has 1 N–H and O–H groups in total. The zero-order valence-electron chi connectivity index (χ0n) is 24.0. The summed E-state index contributed by atoms with van der Waals surface area (Å²) in [4.78, 5) is 22.7. The molecule has 210 valence electrons. The molecule has 4 unspecified atom stereocenters. The lowest BCUT2D eigenvalue weighted by atomic mass is 9.44. The van der Waals surface area contributed by atoms with Crippen LogP contribution < -0.4 is 0 Å². The zero-order chi connectivity index (χ0) is 26.8. The topological polar surface area (TPSA) is 82.1 Å². The fourth-order valence-electron chi connectivity index (χ4n) is 10.4. The number of ether oxygens (including phenoxy) is 3. The molecule has 0 bridgehead atoms. The monoisotopic (exact) mass is 518 g/mol. The first-order valence-electron chi connectivity index (χ1n) is 15.0. The Kier molecular flexibility index (Phi) is 7.26. The molecule has 5 rings (SSSR count). The van der Waals surface area contributed by atoms with Gasteiger partial charge in [-0.3, -0.25) is 9.59 Å². The molecule has 0 aromatic rings. The lowest BCUT2D eigenvalue weighted by Crippen LogP contribution is -2.54. The molecule has 0 aromatic heterocycles. The van der Waals surface area contributed by atoms with Gasteiger partial charge < -0.3 is 19.3 Å². The van der Waals surface area contributed by atoms with E-state index in [-0.39, 0.29) is 30.8 Å². The van der Waals surface area contributed by atoms with Crippen molar-refractivity contribution in [2.45, 2.75) is 130 Å². The van der Waals surface area contributed by atoms with Crippen LogP contribution in [0.3, 0.4) is 0 Å². The van der Waals surface area contributed by atoms with Crippen molar-refractivity contribution in [2.24, 2.45) is 46.3 Å². The molecule has 4 aliphatic carbocycles. The van der Waals surface area contributed by atoms with Gasteiger partial charge in [0.15, 0.2) is 0 Å².